The Hall–Kier alpha value is -2.10. The number of nitrogen functional groups attached to an aromatic ring is 1. The molecule has 0 fully saturated rings. The first kappa shape index (κ1) is 14.8. The van der Waals surface area contributed by atoms with E-state index in [2.05, 4.69) is 9.97 Å². The highest BCUT2D eigenvalue weighted by Crippen LogP contribution is 2.23. The first-order chi connectivity index (χ1) is 10.6. The van der Waals surface area contributed by atoms with Crippen LogP contribution in [0.4, 0.5) is 5.95 Å². The zero-order valence-corrected chi connectivity index (χ0v) is 13.1. The lowest BCUT2D eigenvalue weighted by molar-refractivity contribution is 1.04. The van der Waals surface area contributed by atoms with Gasteiger partial charge < -0.3 is 5.73 Å². The summed E-state index contributed by atoms with van der Waals surface area (Å²) in [5, 5.41) is 1.36. The summed E-state index contributed by atoms with van der Waals surface area (Å²) < 4.78 is 0. The van der Waals surface area contributed by atoms with Gasteiger partial charge in [-0.1, -0.05) is 47.5 Å². The summed E-state index contributed by atoms with van der Waals surface area (Å²) >= 11 is 12.0. The Bertz CT molecular complexity index is 819. The molecule has 3 aromatic rings. The number of rotatable bonds is 3. The maximum absolute atomic E-state index is 6.03. The number of benzene rings is 2. The first-order valence-electron chi connectivity index (χ1n) is 6.74. The smallest absolute Gasteiger partial charge is 0.220 e. The maximum atomic E-state index is 6.03. The second-order valence-corrected chi connectivity index (χ2v) is 5.79. The molecule has 0 unspecified atom stereocenters. The lowest BCUT2D eigenvalue weighted by atomic mass is 10.1. The number of nitrogens with two attached hydrogens (primary N) is 1. The van der Waals surface area contributed by atoms with Crippen LogP contribution in [0.5, 0.6) is 0 Å². The zero-order valence-electron chi connectivity index (χ0n) is 11.6. The van der Waals surface area contributed by atoms with Gasteiger partial charge in [-0.05, 0) is 35.9 Å². The van der Waals surface area contributed by atoms with Crippen molar-refractivity contribution in [3.05, 3.63) is 75.9 Å². The molecule has 0 bridgehead atoms. The third-order valence-electron chi connectivity index (χ3n) is 3.19. The third-order valence-corrected chi connectivity index (χ3v) is 3.66. The summed E-state index contributed by atoms with van der Waals surface area (Å²) in [6, 6.07) is 17.1. The van der Waals surface area contributed by atoms with Crippen LogP contribution in [0.25, 0.3) is 11.3 Å². The van der Waals surface area contributed by atoms with E-state index in [0.29, 0.717) is 16.5 Å². The summed E-state index contributed by atoms with van der Waals surface area (Å²) in [4.78, 5) is 8.58. The summed E-state index contributed by atoms with van der Waals surface area (Å²) in [5.74, 6) is 0.245. The van der Waals surface area contributed by atoms with E-state index in [9.17, 15) is 0 Å². The van der Waals surface area contributed by atoms with Gasteiger partial charge in [0, 0.05) is 22.0 Å². The standard InChI is InChI=1S/C17H13Cl2N3/c18-13-5-1-3-11(7-13)8-15-10-16(22-17(20)21-15)12-4-2-6-14(19)9-12/h1-7,9-10H,8H2,(H2,20,21,22). The van der Waals surface area contributed by atoms with Crippen LogP contribution in [0.3, 0.4) is 0 Å². The van der Waals surface area contributed by atoms with Crippen molar-refractivity contribution < 1.29 is 0 Å². The molecule has 2 aromatic carbocycles. The number of anilines is 1. The Balaban J connectivity index is 1.96. The molecule has 0 saturated heterocycles. The molecule has 0 aliphatic carbocycles. The van der Waals surface area contributed by atoms with Crippen LogP contribution in [-0.2, 0) is 6.42 Å². The lowest BCUT2D eigenvalue weighted by Crippen LogP contribution is -2.01. The number of aromatic nitrogens is 2. The zero-order chi connectivity index (χ0) is 15.5. The molecule has 0 saturated carbocycles. The average Bonchev–Trinajstić information content (AvgIpc) is 2.46. The molecule has 0 atom stereocenters. The fourth-order valence-electron chi connectivity index (χ4n) is 2.26. The molecule has 0 radical (unpaired) electrons. The molecule has 0 amide bonds. The second-order valence-electron chi connectivity index (χ2n) is 4.92. The van der Waals surface area contributed by atoms with E-state index in [-0.39, 0.29) is 5.95 Å². The molecule has 0 spiro atoms. The van der Waals surface area contributed by atoms with Gasteiger partial charge in [-0.15, -0.1) is 0 Å². The summed E-state index contributed by atoms with van der Waals surface area (Å²) in [6.07, 6.45) is 0.640. The minimum Gasteiger partial charge on any atom is -0.368 e. The van der Waals surface area contributed by atoms with Gasteiger partial charge in [-0.25, -0.2) is 9.97 Å². The molecule has 2 N–H and O–H groups in total. The fourth-order valence-corrected chi connectivity index (χ4v) is 2.66. The molecular weight excluding hydrogens is 317 g/mol. The highest BCUT2D eigenvalue weighted by Gasteiger charge is 2.07. The highest BCUT2D eigenvalue weighted by atomic mass is 35.5. The van der Waals surface area contributed by atoms with Crippen molar-refractivity contribution in [3.63, 3.8) is 0 Å². The van der Waals surface area contributed by atoms with Gasteiger partial charge in [0.1, 0.15) is 0 Å². The van der Waals surface area contributed by atoms with Crippen molar-refractivity contribution in [2.45, 2.75) is 6.42 Å². The molecule has 0 aliphatic rings. The Kier molecular flexibility index (Phi) is 4.27. The van der Waals surface area contributed by atoms with E-state index >= 15 is 0 Å². The number of halogens is 2. The average molecular weight is 330 g/mol. The lowest BCUT2D eigenvalue weighted by Gasteiger charge is -2.07. The van der Waals surface area contributed by atoms with Gasteiger partial charge in [-0.3, -0.25) is 0 Å². The van der Waals surface area contributed by atoms with E-state index < -0.39 is 0 Å². The Morgan fingerprint density at radius 3 is 2.32 bits per heavy atom. The molecule has 1 aromatic heterocycles. The van der Waals surface area contributed by atoms with Crippen LogP contribution < -0.4 is 5.73 Å². The molecule has 22 heavy (non-hydrogen) atoms. The molecular formula is C17H13Cl2N3. The minimum absolute atomic E-state index is 0.245. The molecule has 3 nitrogen and oxygen atoms in total. The van der Waals surface area contributed by atoms with E-state index in [4.69, 9.17) is 28.9 Å². The molecule has 5 heteroatoms. The van der Waals surface area contributed by atoms with Gasteiger partial charge in [0.25, 0.3) is 0 Å². The topological polar surface area (TPSA) is 51.8 Å². The Labute approximate surface area is 138 Å². The van der Waals surface area contributed by atoms with Gasteiger partial charge in [0.2, 0.25) is 5.95 Å². The van der Waals surface area contributed by atoms with Crippen molar-refractivity contribution in [2.75, 3.05) is 5.73 Å². The van der Waals surface area contributed by atoms with E-state index in [1.54, 1.807) is 0 Å². The van der Waals surface area contributed by atoms with Crippen LogP contribution in [0.15, 0.2) is 54.6 Å². The fraction of sp³-hybridized carbons (Fsp3) is 0.0588. The molecule has 1 heterocycles. The van der Waals surface area contributed by atoms with E-state index in [1.807, 2.05) is 54.6 Å². The summed E-state index contributed by atoms with van der Waals surface area (Å²) in [6.45, 7) is 0. The van der Waals surface area contributed by atoms with Gasteiger partial charge >= 0.3 is 0 Å². The summed E-state index contributed by atoms with van der Waals surface area (Å²) in [5.41, 5.74) is 9.41. The second kappa shape index (κ2) is 6.34. The molecule has 110 valence electrons. The quantitative estimate of drug-likeness (QED) is 0.762. The highest BCUT2D eigenvalue weighted by molar-refractivity contribution is 6.31. The predicted octanol–water partition coefficient (Wildman–Crippen LogP) is 4.62. The third kappa shape index (κ3) is 3.56. The van der Waals surface area contributed by atoms with Crippen LogP contribution in [0.2, 0.25) is 10.0 Å². The number of nitrogens with zero attached hydrogens (tertiary/aromatic N) is 2. The Morgan fingerprint density at radius 1 is 0.864 bits per heavy atom. The van der Waals surface area contributed by atoms with Crippen LogP contribution in [0.1, 0.15) is 11.3 Å². The predicted molar refractivity (Wildman–Crippen MR) is 91.1 cm³/mol. The van der Waals surface area contributed by atoms with Gasteiger partial charge in [0.05, 0.1) is 11.4 Å². The monoisotopic (exact) mass is 329 g/mol. The normalized spacial score (nSPS) is 10.6. The van der Waals surface area contributed by atoms with Gasteiger partial charge in [-0.2, -0.15) is 0 Å². The van der Waals surface area contributed by atoms with E-state index in [1.165, 1.54) is 0 Å². The van der Waals surface area contributed by atoms with Crippen molar-refractivity contribution in [3.8, 4) is 11.3 Å². The van der Waals surface area contributed by atoms with Crippen molar-refractivity contribution in [1.29, 1.82) is 0 Å². The number of hydrogen-bond donors (Lipinski definition) is 1. The van der Waals surface area contributed by atoms with Crippen LogP contribution >= 0.6 is 23.2 Å². The summed E-state index contributed by atoms with van der Waals surface area (Å²) in [7, 11) is 0. The molecule has 3 rings (SSSR count). The van der Waals surface area contributed by atoms with Crippen LogP contribution in [0, 0.1) is 0 Å². The maximum Gasteiger partial charge on any atom is 0.220 e. The largest absolute Gasteiger partial charge is 0.368 e. The van der Waals surface area contributed by atoms with Gasteiger partial charge in [0.15, 0.2) is 0 Å². The van der Waals surface area contributed by atoms with Crippen molar-refractivity contribution >= 4 is 29.2 Å². The van der Waals surface area contributed by atoms with Crippen molar-refractivity contribution in [2.24, 2.45) is 0 Å². The van der Waals surface area contributed by atoms with Crippen molar-refractivity contribution in [1.82, 2.24) is 9.97 Å². The van der Waals surface area contributed by atoms with E-state index in [0.717, 1.165) is 22.5 Å². The number of hydrogen-bond acceptors (Lipinski definition) is 3. The first-order valence-corrected chi connectivity index (χ1v) is 7.49. The minimum atomic E-state index is 0.245. The SMILES string of the molecule is Nc1nc(Cc2cccc(Cl)c2)cc(-c2cccc(Cl)c2)n1. The molecule has 0 aliphatic heterocycles. The Morgan fingerprint density at radius 2 is 1.59 bits per heavy atom. The van der Waals surface area contributed by atoms with Crippen LogP contribution in [-0.4, -0.2) is 9.97 Å².